The number of nitrogens with zero attached hydrogens (tertiary/aromatic N) is 2. The first-order valence-electron chi connectivity index (χ1n) is 7.85. The summed E-state index contributed by atoms with van der Waals surface area (Å²) in [5, 5.41) is 3.38. The number of carbonyl (C=O) groups excluding carboxylic acids is 1. The van der Waals surface area contributed by atoms with E-state index in [9.17, 15) is 4.79 Å². The summed E-state index contributed by atoms with van der Waals surface area (Å²) in [6, 6.07) is 0.647. The van der Waals surface area contributed by atoms with Gasteiger partial charge in [0, 0.05) is 38.8 Å². The van der Waals surface area contributed by atoms with Crippen LogP contribution in [0.5, 0.6) is 0 Å². The van der Waals surface area contributed by atoms with E-state index in [1.165, 1.54) is 6.42 Å². The number of nitrogens with one attached hydrogen (secondary N) is 1. The molecule has 0 aromatic rings. The SMILES string of the molecule is CCC(C)N1CCN(C(=O)C2CNCC(C)C2)CC1. The Morgan fingerprint density at radius 1 is 1.26 bits per heavy atom. The zero-order valence-electron chi connectivity index (χ0n) is 12.7. The second-order valence-corrected chi connectivity index (χ2v) is 6.31. The van der Waals surface area contributed by atoms with Gasteiger partial charge in [0.05, 0.1) is 5.92 Å². The van der Waals surface area contributed by atoms with Crippen molar-refractivity contribution in [2.24, 2.45) is 11.8 Å². The van der Waals surface area contributed by atoms with Crippen molar-refractivity contribution >= 4 is 5.91 Å². The fourth-order valence-corrected chi connectivity index (χ4v) is 3.24. The largest absolute Gasteiger partial charge is 0.340 e. The molecule has 1 N–H and O–H groups in total. The molecule has 19 heavy (non-hydrogen) atoms. The van der Waals surface area contributed by atoms with Crippen molar-refractivity contribution in [3.63, 3.8) is 0 Å². The molecular formula is C15H29N3O. The summed E-state index contributed by atoms with van der Waals surface area (Å²) in [7, 11) is 0. The summed E-state index contributed by atoms with van der Waals surface area (Å²) >= 11 is 0. The topological polar surface area (TPSA) is 35.6 Å². The maximum Gasteiger partial charge on any atom is 0.227 e. The van der Waals surface area contributed by atoms with Crippen molar-refractivity contribution in [3.8, 4) is 0 Å². The summed E-state index contributed by atoms with van der Waals surface area (Å²) in [6.07, 6.45) is 2.25. The monoisotopic (exact) mass is 267 g/mol. The molecule has 2 saturated heterocycles. The highest BCUT2D eigenvalue weighted by atomic mass is 16.2. The first kappa shape index (κ1) is 14.8. The van der Waals surface area contributed by atoms with E-state index in [0.29, 0.717) is 17.9 Å². The fourth-order valence-electron chi connectivity index (χ4n) is 3.24. The third-order valence-electron chi connectivity index (χ3n) is 4.76. The molecule has 0 saturated carbocycles. The Balaban J connectivity index is 1.82. The molecule has 4 heteroatoms. The first-order chi connectivity index (χ1) is 9.11. The van der Waals surface area contributed by atoms with Crippen LogP contribution in [-0.4, -0.2) is 61.0 Å². The van der Waals surface area contributed by atoms with Crippen LogP contribution in [0.25, 0.3) is 0 Å². The van der Waals surface area contributed by atoms with E-state index in [2.05, 4.69) is 35.9 Å². The van der Waals surface area contributed by atoms with Crippen LogP contribution >= 0.6 is 0 Å². The predicted molar refractivity (Wildman–Crippen MR) is 78.0 cm³/mol. The van der Waals surface area contributed by atoms with Crippen LogP contribution in [0.3, 0.4) is 0 Å². The Kier molecular flexibility index (Phi) is 5.22. The lowest BCUT2D eigenvalue weighted by Gasteiger charge is -2.40. The number of piperidine rings is 1. The standard InChI is InChI=1S/C15H29N3O/c1-4-13(3)17-5-7-18(8-6-17)15(19)14-9-12(2)10-16-11-14/h12-14,16H,4-11H2,1-3H3. The molecule has 1 amide bonds. The molecule has 0 radical (unpaired) electrons. The normalized spacial score (nSPS) is 31.2. The number of hydrogen-bond acceptors (Lipinski definition) is 3. The fraction of sp³-hybridized carbons (Fsp3) is 0.933. The van der Waals surface area contributed by atoms with Crippen molar-refractivity contribution in [2.75, 3.05) is 39.3 Å². The lowest BCUT2D eigenvalue weighted by Crippen LogP contribution is -2.54. The molecule has 2 heterocycles. The van der Waals surface area contributed by atoms with Gasteiger partial charge in [-0.25, -0.2) is 0 Å². The van der Waals surface area contributed by atoms with E-state index in [4.69, 9.17) is 0 Å². The van der Waals surface area contributed by atoms with Gasteiger partial charge in [-0.1, -0.05) is 13.8 Å². The number of hydrogen-bond donors (Lipinski definition) is 1. The predicted octanol–water partition coefficient (Wildman–Crippen LogP) is 1.17. The molecule has 0 spiro atoms. The molecular weight excluding hydrogens is 238 g/mol. The summed E-state index contributed by atoms with van der Waals surface area (Å²) in [6.45, 7) is 12.6. The van der Waals surface area contributed by atoms with Crippen molar-refractivity contribution in [1.29, 1.82) is 0 Å². The average Bonchev–Trinajstić information content (AvgIpc) is 2.46. The van der Waals surface area contributed by atoms with Gasteiger partial charge < -0.3 is 10.2 Å². The molecule has 0 aliphatic carbocycles. The maximum atomic E-state index is 12.5. The highest BCUT2D eigenvalue weighted by molar-refractivity contribution is 5.79. The number of rotatable bonds is 3. The highest BCUT2D eigenvalue weighted by Crippen LogP contribution is 2.19. The lowest BCUT2D eigenvalue weighted by atomic mass is 9.90. The molecule has 3 unspecified atom stereocenters. The van der Waals surface area contributed by atoms with Crippen molar-refractivity contribution in [1.82, 2.24) is 15.1 Å². The van der Waals surface area contributed by atoms with Crippen molar-refractivity contribution in [3.05, 3.63) is 0 Å². The average molecular weight is 267 g/mol. The Morgan fingerprint density at radius 2 is 1.95 bits per heavy atom. The summed E-state index contributed by atoms with van der Waals surface area (Å²) in [5.74, 6) is 1.21. The Labute approximate surface area is 117 Å². The second-order valence-electron chi connectivity index (χ2n) is 6.31. The zero-order valence-corrected chi connectivity index (χ0v) is 12.7. The number of amides is 1. The van der Waals surface area contributed by atoms with Gasteiger partial charge in [0.2, 0.25) is 5.91 Å². The van der Waals surface area contributed by atoms with Crippen LogP contribution in [-0.2, 0) is 4.79 Å². The minimum atomic E-state index is 0.207. The smallest absolute Gasteiger partial charge is 0.227 e. The lowest BCUT2D eigenvalue weighted by molar-refractivity contribution is -0.138. The molecule has 2 rings (SSSR count). The van der Waals surface area contributed by atoms with Gasteiger partial charge in [-0.2, -0.15) is 0 Å². The molecule has 2 fully saturated rings. The molecule has 0 bridgehead atoms. The van der Waals surface area contributed by atoms with Gasteiger partial charge in [-0.3, -0.25) is 9.69 Å². The third-order valence-corrected chi connectivity index (χ3v) is 4.76. The van der Waals surface area contributed by atoms with E-state index in [1.807, 2.05) is 0 Å². The highest BCUT2D eigenvalue weighted by Gasteiger charge is 2.30. The Hall–Kier alpha value is -0.610. The quantitative estimate of drug-likeness (QED) is 0.834. The van der Waals surface area contributed by atoms with Gasteiger partial charge in [0.15, 0.2) is 0 Å². The van der Waals surface area contributed by atoms with Gasteiger partial charge in [-0.15, -0.1) is 0 Å². The van der Waals surface area contributed by atoms with E-state index in [1.54, 1.807) is 0 Å². The number of piperazine rings is 1. The summed E-state index contributed by atoms with van der Waals surface area (Å²) in [4.78, 5) is 17.1. The molecule has 0 aromatic heterocycles. The Bertz CT molecular complexity index is 300. The van der Waals surface area contributed by atoms with Crippen LogP contribution in [0, 0.1) is 11.8 Å². The zero-order chi connectivity index (χ0) is 13.8. The third kappa shape index (κ3) is 3.69. The van der Waals surface area contributed by atoms with E-state index in [0.717, 1.165) is 45.7 Å². The first-order valence-corrected chi connectivity index (χ1v) is 7.85. The Morgan fingerprint density at radius 3 is 2.53 bits per heavy atom. The molecule has 4 nitrogen and oxygen atoms in total. The van der Waals surface area contributed by atoms with Crippen LogP contribution in [0.2, 0.25) is 0 Å². The van der Waals surface area contributed by atoms with E-state index < -0.39 is 0 Å². The van der Waals surface area contributed by atoms with E-state index >= 15 is 0 Å². The van der Waals surface area contributed by atoms with Crippen LogP contribution in [0.1, 0.15) is 33.6 Å². The van der Waals surface area contributed by atoms with E-state index in [-0.39, 0.29) is 5.92 Å². The molecule has 2 aliphatic rings. The van der Waals surface area contributed by atoms with Crippen LogP contribution in [0.4, 0.5) is 0 Å². The summed E-state index contributed by atoms with van der Waals surface area (Å²) in [5.41, 5.74) is 0. The minimum absolute atomic E-state index is 0.207. The summed E-state index contributed by atoms with van der Waals surface area (Å²) < 4.78 is 0. The minimum Gasteiger partial charge on any atom is -0.340 e. The molecule has 0 aromatic carbocycles. The maximum absolute atomic E-state index is 12.5. The van der Waals surface area contributed by atoms with Gasteiger partial charge in [-0.05, 0) is 32.2 Å². The molecule has 3 atom stereocenters. The van der Waals surface area contributed by atoms with Gasteiger partial charge >= 0.3 is 0 Å². The molecule has 2 aliphatic heterocycles. The molecule has 110 valence electrons. The second kappa shape index (κ2) is 6.71. The van der Waals surface area contributed by atoms with Crippen LogP contribution < -0.4 is 5.32 Å². The van der Waals surface area contributed by atoms with Crippen molar-refractivity contribution in [2.45, 2.75) is 39.7 Å². The number of carbonyl (C=O) groups is 1. The van der Waals surface area contributed by atoms with Crippen molar-refractivity contribution < 1.29 is 4.79 Å². The van der Waals surface area contributed by atoms with Gasteiger partial charge in [0.25, 0.3) is 0 Å². The van der Waals surface area contributed by atoms with Crippen LogP contribution in [0.15, 0.2) is 0 Å². The van der Waals surface area contributed by atoms with Gasteiger partial charge in [0.1, 0.15) is 0 Å².